The molecule has 0 amide bonds. The fourth-order valence-electron chi connectivity index (χ4n) is 2.18. The van der Waals surface area contributed by atoms with Crippen molar-refractivity contribution in [3.63, 3.8) is 0 Å². The maximum Gasteiger partial charge on any atom is 0.0302 e. The summed E-state index contributed by atoms with van der Waals surface area (Å²) in [6.45, 7) is 2.32. The van der Waals surface area contributed by atoms with Gasteiger partial charge >= 0.3 is 0 Å². The summed E-state index contributed by atoms with van der Waals surface area (Å²) in [6.07, 6.45) is 6.43. The Morgan fingerprint density at radius 1 is 1.46 bits per heavy atom. The number of aromatic nitrogens is 1. The van der Waals surface area contributed by atoms with E-state index in [-0.39, 0.29) is 0 Å². The summed E-state index contributed by atoms with van der Waals surface area (Å²) in [6, 6.07) is 4.23. The summed E-state index contributed by atoms with van der Waals surface area (Å²) in [5, 5.41) is 0. The van der Waals surface area contributed by atoms with E-state index in [9.17, 15) is 0 Å². The van der Waals surface area contributed by atoms with Crippen LogP contribution in [0, 0.1) is 5.92 Å². The van der Waals surface area contributed by atoms with E-state index < -0.39 is 0 Å². The van der Waals surface area contributed by atoms with Gasteiger partial charge in [0.2, 0.25) is 0 Å². The molecule has 13 heavy (non-hydrogen) atoms. The average Bonchev–Trinajstić information content (AvgIpc) is 2.49. The lowest BCUT2D eigenvalue weighted by atomic mass is 9.91. The summed E-state index contributed by atoms with van der Waals surface area (Å²) >= 11 is 3.72. The van der Waals surface area contributed by atoms with Crippen LogP contribution in [0.15, 0.2) is 24.5 Å². The molecule has 70 valence electrons. The summed E-state index contributed by atoms with van der Waals surface area (Å²) in [5.41, 5.74) is 1.40. The van der Waals surface area contributed by atoms with Crippen molar-refractivity contribution in [1.29, 1.82) is 0 Å². The predicted molar refractivity (Wildman–Crippen MR) is 58.1 cm³/mol. The molecular formula is C11H14BrN. The number of hydrogen-bond acceptors (Lipinski definition) is 1. The lowest BCUT2D eigenvalue weighted by Gasteiger charge is -2.16. The van der Waals surface area contributed by atoms with Crippen LogP contribution in [0.25, 0.3) is 0 Å². The number of rotatable bonds is 1. The number of halogens is 1. The Hall–Kier alpha value is -0.370. The number of hydrogen-bond donors (Lipinski definition) is 0. The zero-order valence-electron chi connectivity index (χ0n) is 7.78. The summed E-state index contributed by atoms with van der Waals surface area (Å²) in [5.74, 6) is 1.45. The maximum absolute atomic E-state index is 4.17. The van der Waals surface area contributed by atoms with Crippen molar-refractivity contribution in [3.8, 4) is 0 Å². The highest BCUT2D eigenvalue weighted by Crippen LogP contribution is 2.42. The monoisotopic (exact) mass is 239 g/mol. The van der Waals surface area contributed by atoms with E-state index in [0.717, 1.165) is 5.92 Å². The van der Waals surface area contributed by atoms with Gasteiger partial charge in [0.15, 0.2) is 0 Å². The van der Waals surface area contributed by atoms with Gasteiger partial charge in [-0.2, -0.15) is 0 Å². The van der Waals surface area contributed by atoms with Gasteiger partial charge in [0.25, 0.3) is 0 Å². The van der Waals surface area contributed by atoms with Crippen LogP contribution in [0.5, 0.6) is 0 Å². The zero-order chi connectivity index (χ0) is 9.26. The van der Waals surface area contributed by atoms with Crippen LogP contribution in [-0.2, 0) is 0 Å². The number of pyridine rings is 1. The van der Waals surface area contributed by atoms with Crippen LogP contribution in [0.4, 0.5) is 0 Å². The Kier molecular flexibility index (Phi) is 2.68. The van der Waals surface area contributed by atoms with E-state index in [0.29, 0.717) is 10.7 Å². The third-order valence-electron chi connectivity index (χ3n) is 3.07. The smallest absolute Gasteiger partial charge is 0.0302 e. The van der Waals surface area contributed by atoms with Crippen LogP contribution < -0.4 is 0 Å². The first-order chi connectivity index (χ1) is 6.29. The van der Waals surface area contributed by atoms with Crippen LogP contribution in [0.2, 0.25) is 0 Å². The van der Waals surface area contributed by atoms with E-state index >= 15 is 0 Å². The Labute approximate surface area is 87.7 Å². The molecule has 2 rings (SSSR count). The molecule has 0 radical (unpaired) electrons. The summed E-state index contributed by atoms with van der Waals surface area (Å²) < 4.78 is 0. The van der Waals surface area contributed by atoms with Crippen LogP contribution in [0.3, 0.4) is 0 Å². The topological polar surface area (TPSA) is 12.9 Å². The highest BCUT2D eigenvalue weighted by Gasteiger charge is 2.31. The molecule has 0 aromatic carbocycles. The van der Waals surface area contributed by atoms with Crippen molar-refractivity contribution >= 4 is 15.9 Å². The Morgan fingerprint density at radius 3 is 2.85 bits per heavy atom. The predicted octanol–water partition coefficient (Wildman–Crippen LogP) is 3.36. The minimum absolute atomic E-state index is 0.692. The highest BCUT2D eigenvalue weighted by atomic mass is 79.9. The van der Waals surface area contributed by atoms with Gasteiger partial charge in [-0.25, -0.2) is 0 Å². The number of nitrogens with zero attached hydrogens (tertiary/aromatic N) is 1. The van der Waals surface area contributed by atoms with Crippen LogP contribution in [0.1, 0.15) is 31.2 Å². The van der Waals surface area contributed by atoms with Crippen molar-refractivity contribution in [2.45, 2.75) is 30.5 Å². The molecule has 1 nitrogen and oxygen atoms in total. The Morgan fingerprint density at radius 2 is 2.31 bits per heavy atom. The van der Waals surface area contributed by atoms with Crippen molar-refractivity contribution in [2.24, 2.45) is 5.92 Å². The van der Waals surface area contributed by atoms with Gasteiger partial charge in [-0.3, -0.25) is 4.98 Å². The van der Waals surface area contributed by atoms with E-state index in [1.54, 1.807) is 0 Å². The minimum Gasteiger partial charge on any atom is -0.264 e. The van der Waals surface area contributed by atoms with E-state index in [1.807, 2.05) is 18.5 Å². The molecule has 0 saturated heterocycles. The normalized spacial score (nSPS) is 33.5. The van der Waals surface area contributed by atoms with Gasteiger partial charge < -0.3 is 0 Å². The first-order valence-electron chi connectivity index (χ1n) is 4.83. The molecule has 1 heterocycles. The molecule has 0 spiro atoms. The second-order valence-electron chi connectivity index (χ2n) is 3.85. The molecule has 0 N–H and O–H groups in total. The van der Waals surface area contributed by atoms with Crippen LogP contribution in [-0.4, -0.2) is 9.81 Å². The van der Waals surface area contributed by atoms with E-state index in [1.165, 1.54) is 18.4 Å². The molecule has 1 aromatic heterocycles. The Bertz CT molecular complexity index is 273. The van der Waals surface area contributed by atoms with Gasteiger partial charge in [-0.15, -0.1) is 0 Å². The molecular weight excluding hydrogens is 226 g/mol. The average molecular weight is 240 g/mol. The minimum atomic E-state index is 0.692. The summed E-state index contributed by atoms with van der Waals surface area (Å²) in [4.78, 5) is 4.87. The quantitative estimate of drug-likeness (QED) is 0.686. The molecule has 1 saturated carbocycles. The van der Waals surface area contributed by atoms with Gasteiger partial charge in [-0.05, 0) is 36.3 Å². The molecule has 0 bridgehead atoms. The standard InChI is InChI=1S/C11H14BrN/c1-8-10(4-5-11(8)12)9-3-2-6-13-7-9/h2-3,6-8,10-11H,4-5H2,1H3. The first kappa shape index (κ1) is 9.20. The fourth-order valence-corrected chi connectivity index (χ4v) is 2.81. The van der Waals surface area contributed by atoms with E-state index in [2.05, 4.69) is 33.9 Å². The van der Waals surface area contributed by atoms with Gasteiger partial charge in [0.05, 0.1) is 0 Å². The van der Waals surface area contributed by atoms with E-state index in [4.69, 9.17) is 0 Å². The SMILES string of the molecule is CC1C(Br)CCC1c1cccnc1. The summed E-state index contributed by atoms with van der Waals surface area (Å²) in [7, 11) is 0. The van der Waals surface area contributed by atoms with Gasteiger partial charge in [-0.1, -0.05) is 28.9 Å². The highest BCUT2D eigenvalue weighted by molar-refractivity contribution is 9.09. The molecule has 1 aromatic rings. The maximum atomic E-state index is 4.17. The fraction of sp³-hybridized carbons (Fsp3) is 0.545. The van der Waals surface area contributed by atoms with Crippen LogP contribution >= 0.6 is 15.9 Å². The molecule has 3 unspecified atom stereocenters. The third-order valence-corrected chi connectivity index (χ3v) is 4.36. The molecule has 2 heteroatoms. The second kappa shape index (κ2) is 3.79. The Balaban J connectivity index is 2.19. The van der Waals surface area contributed by atoms with Crippen molar-refractivity contribution in [3.05, 3.63) is 30.1 Å². The molecule has 1 aliphatic carbocycles. The molecule has 1 fully saturated rings. The molecule has 3 atom stereocenters. The first-order valence-corrected chi connectivity index (χ1v) is 5.74. The van der Waals surface area contributed by atoms with Gasteiger partial charge in [0, 0.05) is 17.2 Å². The van der Waals surface area contributed by atoms with Gasteiger partial charge in [0.1, 0.15) is 0 Å². The largest absolute Gasteiger partial charge is 0.264 e. The lowest BCUT2D eigenvalue weighted by molar-refractivity contribution is 0.543. The van der Waals surface area contributed by atoms with Crippen molar-refractivity contribution in [1.82, 2.24) is 4.98 Å². The lowest BCUT2D eigenvalue weighted by Crippen LogP contribution is -2.08. The third kappa shape index (κ3) is 1.78. The molecule has 1 aliphatic rings. The van der Waals surface area contributed by atoms with Crippen molar-refractivity contribution < 1.29 is 0 Å². The van der Waals surface area contributed by atoms with Crippen molar-refractivity contribution in [2.75, 3.05) is 0 Å². The second-order valence-corrected chi connectivity index (χ2v) is 5.02. The zero-order valence-corrected chi connectivity index (χ0v) is 9.37. The molecule has 0 aliphatic heterocycles. The number of alkyl halides is 1.